The van der Waals surface area contributed by atoms with E-state index in [1.54, 1.807) is 55.6 Å². The quantitative estimate of drug-likeness (QED) is 0.394. The fourth-order valence-electron chi connectivity index (χ4n) is 3.61. The minimum atomic E-state index is -0.514. The molecule has 4 rings (SSSR count). The van der Waals surface area contributed by atoms with Crippen molar-refractivity contribution in [2.75, 3.05) is 14.1 Å². The second-order valence-corrected chi connectivity index (χ2v) is 8.86. The average molecular weight is 507 g/mol. The molecule has 0 bridgehead atoms. The minimum absolute atomic E-state index is 0.153. The van der Waals surface area contributed by atoms with Crippen molar-refractivity contribution in [1.29, 1.82) is 0 Å². The maximum absolute atomic E-state index is 13.0. The molecule has 2 aromatic carbocycles. The fraction of sp³-hybridized carbons (Fsp3) is 0.231. The number of halogens is 1. The van der Waals surface area contributed by atoms with Gasteiger partial charge in [-0.25, -0.2) is 19.1 Å². The molecule has 36 heavy (non-hydrogen) atoms. The molecule has 4 aromatic rings. The van der Waals surface area contributed by atoms with Crippen LogP contribution in [-0.2, 0) is 19.6 Å². The van der Waals surface area contributed by atoms with E-state index in [4.69, 9.17) is 16.3 Å². The zero-order chi connectivity index (χ0) is 25.7. The highest BCUT2D eigenvalue weighted by atomic mass is 35.5. The molecule has 186 valence electrons. The van der Waals surface area contributed by atoms with Gasteiger partial charge in [0.15, 0.2) is 0 Å². The Morgan fingerprint density at radius 3 is 2.39 bits per heavy atom. The Bertz CT molecular complexity index is 1520. The van der Waals surface area contributed by atoms with Gasteiger partial charge < -0.3 is 9.64 Å². The Hall–Kier alpha value is -3.95. The molecule has 0 atom stereocenters. The molecule has 0 saturated carbocycles. The normalized spacial score (nSPS) is 11.8. The summed E-state index contributed by atoms with van der Waals surface area (Å²) in [4.78, 5) is 39.2. The van der Waals surface area contributed by atoms with E-state index < -0.39 is 11.4 Å². The van der Waals surface area contributed by atoms with Crippen LogP contribution in [-0.4, -0.2) is 38.1 Å². The Balaban J connectivity index is 1.65. The Labute approximate surface area is 212 Å². The lowest BCUT2D eigenvalue weighted by Crippen LogP contribution is -2.49. The summed E-state index contributed by atoms with van der Waals surface area (Å²) in [5.74, 6) is 1.31. The number of benzene rings is 2. The first-order valence-electron chi connectivity index (χ1n) is 11.4. The lowest BCUT2D eigenvalue weighted by Gasteiger charge is -2.11. The van der Waals surface area contributed by atoms with Gasteiger partial charge in [0, 0.05) is 30.4 Å². The number of pyridine rings is 1. The summed E-state index contributed by atoms with van der Waals surface area (Å²) in [6.07, 6.45) is 1.71. The van der Waals surface area contributed by atoms with Crippen molar-refractivity contribution in [3.63, 3.8) is 0 Å². The zero-order valence-corrected chi connectivity index (χ0v) is 21.1. The number of hydrogen-bond acceptors (Lipinski definition) is 6. The summed E-state index contributed by atoms with van der Waals surface area (Å²) in [6.45, 7) is 2.92. The van der Waals surface area contributed by atoms with E-state index in [1.165, 1.54) is 4.57 Å². The van der Waals surface area contributed by atoms with E-state index in [1.807, 2.05) is 37.2 Å². The van der Waals surface area contributed by atoms with Gasteiger partial charge in [-0.15, -0.1) is 0 Å². The molecule has 0 aliphatic carbocycles. The first-order chi connectivity index (χ1) is 17.3. The van der Waals surface area contributed by atoms with Gasteiger partial charge in [-0.05, 0) is 69.0 Å². The maximum Gasteiger partial charge on any atom is 0.335 e. The number of rotatable bonds is 8. The molecular formula is C26H27ClN6O3. The van der Waals surface area contributed by atoms with E-state index >= 15 is 0 Å². The molecule has 0 spiro atoms. The van der Waals surface area contributed by atoms with Crippen molar-refractivity contribution < 1.29 is 4.74 Å². The second-order valence-electron chi connectivity index (χ2n) is 8.42. The van der Waals surface area contributed by atoms with Gasteiger partial charge in [0.1, 0.15) is 11.5 Å². The predicted molar refractivity (Wildman–Crippen MR) is 139 cm³/mol. The molecule has 0 radical (unpaired) electrons. The van der Waals surface area contributed by atoms with Gasteiger partial charge in [0.05, 0.1) is 17.9 Å². The zero-order valence-electron chi connectivity index (χ0n) is 20.3. The lowest BCUT2D eigenvalue weighted by molar-refractivity contribution is 0.395. The van der Waals surface area contributed by atoms with Crippen LogP contribution in [0, 0.1) is 0 Å². The molecule has 0 saturated heterocycles. The van der Waals surface area contributed by atoms with Gasteiger partial charge in [-0.3, -0.25) is 14.5 Å². The van der Waals surface area contributed by atoms with Crippen LogP contribution in [0.15, 0.2) is 81.4 Å². The number of hydrogen-bond donors (Lipinski definition) is 1. The summed E-state index contributed by atoms with van der Waals surface area (Å²) < 4.78 is 8.52. The number of aromatic nitrogens is 4. The third-order valence-electron chi connectivity index (χ3n) is 5.33. The van der Waals surface area contributed by atoms with Crippen LogP contribution in [0.25, 0.3) is 0 Å². The summed E-state index contributed by atoms with van der Waals surface area (Å²) in [6, 6.07) is 17.9. The monoisotopic (exact) mass is 506 g/mol. The minimum Gasteiger partial charge on any atom is -0.457 e. The van der Waals surface area contributed by atoms with Crippen molar-refractivity contribution in [3.05, 3.63) is 110 Å². The smallest absolute Gasteiger partial charge is 0.335 e. The van der Waals surface area contributed by atoms with E-state index in [9.17, 15) is 9.59 Å². The summed E-state index contributed by atoms with van der Waals surface area (Å²) in [5, 5.41) is 0.601. The number of nitrogens with zero attached hydrogens (tertiary/aromatic N) is 5. The van der Waals surface area contributed by atoms with Crippen LogP contribution < -0.4 is 21.7 Å². The Morgan fingerprint density at radius 1 is 1.00 bits per heavy atom. The highest BCUT2D eigenvalue weighted by molar-refractivity contribution is 6.30. The van der Waals surface area contributed by atoms with Crippen LogP contribution in [0.2, 0.25) is 5.02 Å². The molecule has 0 unspecified atom stereocenters. The molecule has 0 amide bonds. The number of nitrogens with one attached hydrogen (secondary N) is 1. The Kier molecular flexibility index (Phi) is 7.82. The molecule has 10 heteroatoms. The summed E-state index contributed by atoms with van der Waals surface area (Å²) in [7, 11) is 3.96. The first-order valence-corrected chi connectivity index (χ1v) is 11.8. The number of ether oxygens (including phenoxy) is 1. The highest BCUT2D eigenvalue weighted by Crippen LogP contribution is 2.24. The van der Waals surface area contributed by atoms with Crippen LogP contribution in [0.3, 0.4) is 0 Å². The largest absolute Gasteiger partial charge is 0.457 e. The molecule has 2 heterocycles. The molecule has 0 aliphatic rings. The van der Waals surface area contributed by atoms with Crippen molar-refractivity contribution in [3.8, 4) is 11.5 Å². The van der Waals surface area contributed by atoms with Crippen LogP contribution in [0.4, 0.5) is 5.69 Å². The van der Waals surface area contributed by atoms with E-state index in [0.29, 0.717) is 28.8 Å². The summed E-state index contributed by atoms with van der Waals surface area (Å²) in [5.41, 5.74) is 1.50. The highest BCUT2D eigenvalue weighted by Gasteiger charge is 2.09. The van der Waals surface area contributed by atoms with Gasteiger partial charge in [-0.1, -0.05) is 23.7 Å². The van der Waals surface area contributed by atoms with Crippen molar-refractivity contribution in [2.45, 2.75) is 26.6 Å². The van der Waals surface area contributed by atoms with Gasteiger partial charge in [0.25, 0.3) is 0 Å². The third-order valence-corrected chi connectivity index (χ3v) is 5.58. The van der Waals surface area contributed by atoms with E-state index in [0.717, 1.165) is 15.8 Å². The fourth-order valence-corrected chi connectivity index (χ4v) is 3.74. The van der Waals surface area contributed by atoms with Crippen LogP contribution >= 0.6 is 11.6 Å². The van der Waals surface area contributed by atoms with Gasteiger partial charge >= 0.3 is 11.4 Å². The molecule has 2 aromatic heterocycles. The van der Waals surface area contributed by atoms with Gasteiger partial charge in [0.2, 0.25) is 5.62 Å². The maximum atomic E-state index is 13.0. The molecular weight excluding hydrogens is 480 g/mol. The van der Waals surface area contributed by atoms with Crippen molar-refractivity contribution in [1.82, 2.24) is 24.0 Å². The van der Waals surface area contributed by atoms with Crippen molar-refractivity contribution >= 4 is 17.3 Å². The van der Waals surface area contributed by atoms with Crippen molar-refractivity contribution in [2.24, 2.45) is 4.99 Å². The summed E-state index contributed by atoms with van der Waals surface area (Å²) >= 11 is 5.99. The molecule has 1 N–H and O–H groups in total. The van der Waals surface area contributed by atoms with E-state index in [-0.39, 0.29) is 18.7 Å². The molecule has 9 nitrogen and oxygen atoms in total. The van der Waals surface area contributed by atoms with Crippen LogP contribution in [0.5, 0.6) is 11.5 Å². The molecule has 0 fully saturated rings. The molecule has 0 aliphatic heterocycles. The SMILES string of the molecule is CCn1c(=O)[nH]/c(=N\c2ccc(Oc3ccnc(CN(C)C)c3)cc2)n(Cc2ccc(Cl)cc2)c1=O. The topological polar surface area (TPSA) is 97.5 Å². The number of aromatic amines is 1. The Morgan fingerprint density at radius 2 is 1.72 bits per heavy atom. The lowest BCUT2D eigenvalue weighted by atomic mass is 10.2. The predicted octanol–water partition coefficient (Wildman–Crippen LogP) is 3.54. The van der Waals surface area contributed by atoms with Gasteiger partial charge in [-0.2, -0.15) is 0 Å². The third kappa shape index (κ3) is 6.18. The number of H-pyrrole nitrogens is 1. The van der Waals surface area contributed by atoms with E-state index in [2.05, 4.69) is 15.0 Å². The first kappa shape index (κ1) is 25.2. The van der Waals surface area contributed by atoms with Crippen LogP contribution in [0.1, 0.15) is 18.2 Å². The standard InChI is InChI=1S/C26H27ClN6O3/c1-4-32-25(34)30-24(33(26(32)35)16-18-5-7-19(27)8-6-18)29-20-9-11-22(12-10-20)36-23-13-14-28-21(15-23)17-31(2)3/h5-15H,4,16-17H2,1-3H3,(H,29,30,34). The second kappa shape index (κ2) is 11.2. The average Bonchev–Trinajstić information content (AvgIpc) is 2.84.